The van der Waals surface area contributed by atoms with Crippen LogP contribution in [0.1, 0.15) is 51.8 Å². The van der Waals surface area contributed by atoms with Gasteiger partial charge in [0.1, 0.15) is 0 Å². The van der Waals surface area contributed by atoms with Gasteiger partial charge in [0, 0.05) is 0 Å². The molecule has 0 saturated carbocycles. The van der Waals surface area contributed by atoms with Crippen molar-refractivity contribution in [2.45, 2.75) is 72.7 Å². The SMILES string of the molecule is CCC[CH2][Sn]([CH2]CCC)([CH2]CCn1cc[n+](C)c1C)[c]1ccccc1. The number of imidazole rings is 1. The predicted molar refractivity (Wildman–Crippen MR) is 111 cm³/mol. The third-order valence-electron chi connectivity index (χ3n) is 5.85. The van der Waals surface area contributed by atoms with E-state index in [0.29, 0.717) is 0 Å². The summed E-state index contributed by atoms with van der Waals surface area (Å²) in [6.45, 7) is 8.10. The zero-order valence-corrected chi connectivity index (χ0v) is 19.7. The minimum atomic E-state index is -2.30. The molecule has 0 N–H and O–H groups in total. The van der Waals surface area contributed by atoms with Gasteiger partial charge in [0.25, 0.3) is 0 Å². The van der Waals surface area contributed by atoms with E-state index in [1.54, 1.807) is 3.58 Å². The van der Waals surface area contributed by atoms with Gasteiger partial charge in [0.2, 0.25) is 0 Å². The molecule has 1 aromatic heterocycles. The second-order valence-corrected chi connectivity index (χ2v) is 20.8. The molecule has 0 radical (unpaired) electrons. The number of aromatic nitrogens is 2. The van der Waals surface area contributed by atoms with Crippen LogP contribution in [0, 0.1) is 6.92 Å². The standard InChI is InChI=1S/C8H14N2.C6H5.2C4H9.Sn/c1-4-5-10-7-6-9(3)8(10)2;1-2-4-6-5-3-1;2*1-3-4-2;/h6-7H,1,4-5H2,2-3H3;1-5H;2*1,3-4H2,2H3;/q+1;;;;. The molecule has 138 valence electrons. The summed E-state index contributed by atoms with van der Waals surface area (Å²) in [5.41, 5.74) is 0. The van der Waals surface area contributed by atoms with Crippen molar-refractivity contribution in [3.8, 4) is 0 Å². The molecule has 0 aliphatic carbocycles. The Bertz CT molecular complexity index is 610. The van der Waals surface area contributed by atoms with Crippen LogP contribution >= 0.6 is 0 Å². The van der Waals surface area contributed by atoms with Gasteiger partial charge in [0.15, 0.2) is 0 Å². The van der Waals surface area contributed by atoms with Gasteiger partial charge in [-0.25, -0.2) is 0 Å². The van der Waals surface area contributed by atoms with Crippen molar-refractivity contribution < 1.29 is 4.57 Å². The monoisotopic (exact) mass is 449 g/mol. The van der Waals surface area contributed by atoms with Gasteiger partial charge in [-0.2, -0.15) is 0 Å². The molecule has 0 aliphatic heterocycles. The van der Waals surface area contributed by atoms with Crippen LogP contribution in [0.3, 0.4) is 0 Å². The van der Waals surface area contributed by atoms with Gasteiger partial charge >= 0.3 is 159 Å². The fourth-order valence-corrected chi connectivity index (χ4v) is 19.5. The number of hydrogen-bond acceptors (Lipinski definition) is 0. The quantitative estimate of drug-likeness (QED) is 0.339. The molecule has 0 bridgehead atoms. The van der Waals surface area contributed by atoms with Crippen molar-refractivity contribution >= 4 is 22.0 Å². The molecule has 0 amide bonds. The van der Waals surface area contributed by atoms with Crippen molar-refractivity contribution in [1.82, 2.24) is 4.57 Å². The topological polar surface area (TPSA) is 8.81 Å². The molecule has 2 nitrogen and oxygen atoms in total. The fourth-order valence-electron chi connectivity index (χ4n) is 4.05. The molecule has 2 aromatic rings. The van der Waals surface area contributed by atoms with Crippen LogP contribution in [0.5, 0.6) is 0 Å². The molecular formula is C22H37N2Sn+. The van der Waals surface area contributed by atoms with E-state index in [-0.39, 0.29) is 0 Å². The predicted octanol–water partition coefficient (Wildman–Crippen LogP) is 4.97. The summed E-state index contributed by atoms with van der Waals surface area (Å²) in [7, 11) is 2.14. The molecule has 2 rings (SSSR count). The molecule has 0 saturated heterocycles. The van der Waals surface area contributed by atoms with E-state index in [1.165, 1.54) is 57.8 Å². The number of rotatable bonds is 11. The van der Waals surface area contributed by atoms with Crippen molar-refractivity contribution in [1.29, 1.82) is 0 Å². The van der Waals surface area contributed by atoms with Gasteiger partial charge in [-0.3, -0.25) is 0 Å². The van der Waals surface area contributed by atoms with Gasteiger partial charge in [-0.15, -0.1) is 0 Å². The first-order chi connectivity index (χ1) is 12.1. The minimum absolute atomic E-state index is 1.18. The average molecular weight is 448 g/mol. The third-order valence-corrected chi connectivity index (χ3v) is 21.5. The van der Waals surface area contributed by atoms with E-state index in [4.69, 9.17) is 0 Å². The summed E-state index contributed by atoms with van der Waals surface area (Å²) < 4.78 is 11.0. The first kappa shape index (κ1) is 20.5. The zero-order valence-electron chi connectivity index (χ0n) is 16.8. The van der Waals surface area contributed by atoms with E-state index in [1.807, 2.05) is 0 Å². The number of aryl methyl sites for hydroxylation is 2. The summed E-state index contributed by atoms with van der Waals surface area (Å²) in [6.07, 6.45) is 11.3. The van der Waals surface area contributed by atoms with Crippen LogP contribution in [0.2, 0.25) is 13.3 Å². The van der Waals surface area contributed by atoms with Crippen LogP contribution in [0.25, 0.3) is 0 Å². The van der Waals surface area contributed by atoms with Crippen molar-refractivity contribution in [2.75, 3.05) is 0 Å². The Morgan fingerprint density at radius 3 is 2.04 bits per heavy atom. The van der Waals surface area contributed by atoms with Crippen LogP contribution in [0.4, 0.5) is 0 Å². The first-order valence-electron chi connectivity index (χ1n) is 10.2. The van der Waals surface area contributed by atoms with Crippen LogP contribution in [0.15, 0.2) is 42.7 Å². The fraction of sp³-hybridized carbons (Fsp3) is 0.591. The maximum absolute atomic E-state index is 2.46. The Hall–Kier alpha value is -0.771. The van der Waals surface area contributed by atoms with E-state index in [9.17, 15) is 0 Å². The molecule has 1 heterocycles. The van der Waals surface area contributed by atoms with E-state index in [2.05, 4.69) is 79.7 Å². The molecule has 0 atom stereocenters. The van der Waals surface area contributed by atoms with E-state index < -0.39 is 18.4 Å². The molecule has 0 spiro atoms. The van der Waals surface area contributed by atoms with Gasteiger partial charge in [-0.1, -0.05) is 0 Å². The van der Waals surface area contributed by atoms with E-state index in [0.717, 1.165) is 0 Å². The molecule has 0 unspecified atom stereocenters. The molecule has 3 heteroatoms. The number of unbranched alkanes of at least 4 members (excludes halogenated alkanes) is 2. The molecule has 25 heavy (non-hydrogen) atoms. The third kappa shape index (κ3) is 5.60. The van der Waals surface area contributed by atoms with Crippen molar-refractivity contribution in [3.05, 3.63) is 48.5 Å². The number of nitrogens with zero attached hydrogens (tertiary/aromatic N) is 2. The normalized spacial score (nSPS) is 11.8. The van der Waals surface area contributed by atoms with Gasteiger partial charge in [-0.05, 0) is 0 Å². The zero-order chi connectivity index (χ0) is 18.1. The van der Waals surface area contributed by atoms with Crippen LogP contribution in [-0.2, 0) is 13.6 Å². The Kier molecular flexibility index (Phi) is 8.54. The Morgan fingerprint density at radius 2 is 1.52 bits per heavy atom. The summed E-state index contributed by atoms with van der Waals surface area (Å²) >= 11 is -2.30. The maximum atomic E-state index is 2.46. The summed E-state index contributed by atoms with van der Waals surface area (Å²) in [4.78, 5) is 0. The van der Waals surface area contributed by atoms with E-state index >= 15 is 0 Å². The molecular weight excluding hydrogens is 411 g/mol. The van der Waals surface area contributed by atoms with Crippen molar-refractivity contribution in [3.63, 3.8) is 0 Å². The van der Waals surface area contributed by atoms with Crippen LogP contribution in [-0.4, -0.2) is 22.9 Å². The summed E-state index contributed by atoms with van der Waals surface area (Å²) in [6, 6.07) is 11.7. The van der Waals surface area contributed by atoms with Crippen LogP contribution < -0.4 is 8.15 Å². The Labute approximate surface area is 159 Å². The summed E-state index contributed by atoms with van der Waals surface area (Å²) in [5.74, 6) is 1.36. The Balaban J connectivity index is 2.15. The first-order valence-corrected chi connectivity index (χ1v) is 17.7. The number of hydrogen-bond donors (Lipinski definition) is 0. The number of benzene rings is 1. The van der Waals surface area contributed by atoms with Gasteiger partial charge < -0.3 is 0 Å². The molecule has 1 aromatic carbocycles. The Morgan fingerprint density at radius 1 is 0.920 bits per heavy atom. The molecule has 0 fully saturated rings. The molecule has 0 aliphatic rings. The van der Waals surface area contributed by atoms with Crippen molar-refractivity contribution in [2.24, 2.45) is 7.05 Å². The summed E-state index contributed by atoms with van der Waals surface area (Å²) in [5, 5.41) is 0. The van der Waals surface area contributed by atoms with Gasteiger partial charge in [0.05, 0.1) is 0 Å². The average Bonchev–Trinajstić information content (AvgIpc) is 2.96. The second kappa shape index (κ2) is 10.4. The second-order valence-electron chi connectivity index (χ2n) is 7.61.